The molecule has 0 saturated heterocycles. The third kappa shape index (κ3) is 5.20. The number of amides is 3. The Morgan fingerprint density at radius 2 is 2.17 bits per heavy atom. The number of benzene rings is 1. The maximum atomic E-state index is 11.3. The number of nitrogens with two attached hydrogens (primary N) is 1. The third-order valence-electron chi connectivity index (χ3n) is 2.02. The zero-order valence-electron chi connectivity index (χ0n) is 10.2. The Morgan fingerprint density at radius 3 is 2.83 bits per heavy atom. The first-order chi connectivity index (χ1) is 8.61. The van der Waals surface area contributed by atoms with Crippen molar-refractivity contribution in [3.63, 3.8) is 0 Å². The highest BCUT2D eigenvalue weighted by molar-refractivity contribution is 5.94. The van der Waals surface area contributed by atoms with Gasteiger partial charge in [0.05, 0.1) is 0 Å². The Labute approximate surface area is 105 Å². The van der Waals surface area contributed by atoms with Gasteiger partial charge in [0.2, 0.25) is 0 Å². The largest absolute Gasteiger partial charge is 0.484 e. The van der Waals surface area contributed by atoms with Crippen molar-refractivity contribution in [2.45, 2.75) is 13.3 Å². The second-order valence-electron chi connectivity index (χ2n) is 3.67. The van der Waals surface area contributed by atoms with Crippen molar-refractivity contribution < 1.29 is 14.3 Å². The van der Waals surface area contributed by atoms with Crippen molar-refractivity contribution >= 4 is 17.6 Å². The predicted molar refractivity (Wildman–Crippen MR) is 68.2 cm³/mol. The van der Waals surface area contributed by atoms with Crippen LogP contribution in [0.4, 0.5) is 10.5 Å². The van der Waals surface area contributed by atoms with Crippen LogP contribution in [0.1, 0.15) is 13.3 Å². The van der Waals surface area contributed by atoms with E-state index in [4.69, 9.17) is 10.5 Å². The minimum absolute atomic E-state index is 0.233. The number of hydrogen-bond donors (Lipinski definition) is 3. The fraction of sp³-hybridized carbons (Fsp3) is 0.333. The van der Waals surface area contributed by atoms with E-state index in [1.165, 1.54) is 0 Å². The molecule has 6 heteroatoms. The molecule has 0 aliphatic heterocycles. The number of imide groups is 1. The van der Waals surface area contributed by atoms with Crippen LogP contribution in [0.5, 0.6) is 5.75 Å². The summed E-state index contributed by atoms with van der Waals surface area (Å²) < 4.78 is 5.18. The monoisotopic (exact) mass is 251 g/mol. The lowest BCUT2D eigenvalue weighted by molar-refractivity contribution is -0.122. The molecular weight excluding hydrogens is 234 g/mol. The summed E-state index contributed by atoms with van der Waals surface area (Å²) in [6.45, 7) is 2.21. The molecule has 4 N–H and O–H groups in total. The van der Waals surface area contributed by atoms with Crippen LogP contribution in [0, 0.1) is 0 Å². The zero-order valence-corrected chi connectivity index (χ0v) is 10.2. The molecule has 0 unspecified atom stereocenters. The maximum absolute atomic E-state index is 11.3. The van der Waals surface area contributed by atoms with Crippen molar-refractivity contribution in [3.05, 3.63) is 24.3 Å². The van der Waals surface area contributed by atoms with Gasteiger partial charge in [0.25, 0.3) is 5.91 Å². The summed E-state index contributed by atoms with van der Waals surface area (Å²) in [4.78, 5) is 22.5. The van der Waals surface area contributed by atoms with Crippen molar-refractivity contribution in [2.24, 2.45) is 0 Å². The maximum Gasteiger partial charge on any atom is 0.321 e. The summed E-state index contributed by atoms with van der Waals surface area (Å²) in [6.07, 6.45) is 0.807. The van der Waals surface area contributed by atoms with E-state index in [2.05, 4.69) is 10.6 Å². The van der Waals surface area contributed by atoms with E-state index in [9.17, 15) is 9.59 Å². The van der Waals surface area contributed by atoms with Gasteiger partial charge < -0.3 is 15.8 Å². The van der Waals surface area contributed by atoms with Crippen LogP contribution in [0.15, 0.2) is 24.3 Å². The Kier molecular flexibility index (Phi) is 5.50. The molecule has 1 rings (SSSR count). The van der Waals surface area contributed by atoms with Gasteiger partial charge in [-0.25, -0.2) is 4.79 Å². The minimum Gasteiger partial charge on any atom is -0.484 e. The number of nitrogens with one attached hydrogen (secondary N) is 2. The van der Waals surface area contributed by atoms with Gasteiger partial charge in [-0.15, -0.1) is 0 Å². The molecule has 98 valence electrons. The van der Waals surface area contributed by atoms with Crippen molar-refractivity contribution in [1.82, 2.24) is 10.6 Å². The SMILES string of the molecule is CCCNC(=O)NC(=O)COc1cccc(N)c1. The van der Waals surface area contributed by atoms with Crippen LogP contribution >= 0.6 is 0 Å². The van der Waals surface area contributed by atoms with Gasteiger partial charge in [-0.05, 0) is 18.6 Å². The van der Waals surface area contributed by atoms with E-state index in [0.717, 1.165) is 6.42 Å². The van der Waals surface area contributed by atoms with E-state index < -0.39 is 11.9 Å². The standard InChI is InChI=1S/C12H17N3O3/c1-2-6-14-12(17)15-11(16)8-18-10-5-3-4-9(13)7-10/h3-5,7H,2,6,8,13H2,1H3,(H2,14,15,16,17). The summed E-state index contributed by atoms with van der Waals surface area (Å²) in [7, 11) is 0. The van der Waals surface area contributed by atoms with Crippen molar-refractivity contribution in [2.75, 3.05) is 18.9 Å². The fourth-order valence-electron chi connectivity index (χ4n) is 1.20. The Morgan fingerprint density at radius 1 is 1.39 bits per heavy atom. The number of carbonyl (C=O) groups is 2. The average molecular weight is 251 g/mol. The molecular formula is C12H17N3O3. The Balaban J connectivity index is 2.31. The Hall–Kier alpha value is -2.24. The summed E-state index contributed by atoms with van der Waals surface area (Å²) in [5.74, 6) is -0.0230. The third-order valence-corrected chi connectivity index (χ3v) is 2.02. The van der Waals surface area contributed by atoms with E-state index >= 15 is 0 Å². The van der Waals surface area contributed by atoms with Crippen LogP contribution in [-0.4, -0.2) is 25.1 Å². The van der Waals surface area contributed by atoms with Gasteiger partial charge in [-0.2, -0.15) is 0 Å². The van der Waals surface area contributed by atoms with Gasteiger partial charge in [0, 0.05) is 18.3 Å². The molecule has 18 heavy (non-hydrogen) atoms. The highest BCUT2D eigenvalue weighted by Crippen LogP contribution is 2.13. The molecule has 0 aliphatic carbocycles. The van der Waals surface area contributed by atoms with Gasteiger partial charge in [-0.3, -0.25) is 10.1 Å². The van der Waals surface area contributed by atoms with E-state index in [-0.39, 0.29) is 6.61 Å². The molecule has 0 bridgehead atoms. The first-order valence-electron chi connectivity index (χ1n) is 5.68. The Bertz CT molecular complexity index is 421. The van der Waals surface area contributed by atoms with E-state index in [0.29, 0.717) is 18.0 Å². The average Bonchev–Trinajstić information content (AvgIpc) is 2.34. The predicted octanol–water partition coefficient (Wildman–Crippen LogP) is 0.883. The highest BCUT2D eigenvalue weighted by Gasteiger charge is 2.07. The van der Waals surface area contributed by atoms with E-state index in [1.807, 2.05) is 6.92 Å². The number of anilines is 1. The van der Waals surface area contributed by atoms with Crippen LogP contribution in [0.3, 0.4) is 0 Å². The molecule has 0 spiro atoms. The molecule has 1 aromatic rings. The second kappa shape index (κ2) is 7.16. The first kappa shape index (κ1) is 13.8. The van der Waals surface area contributed by atoms with Crippen molar-refractivity contribution in [1.29, 1.82) is 0 Å². The van der Waals surface area contributed by atoms with Gasteiger partial charge >= 0.3 is 6.03 Å². The molecule has 0 aliphatic rings. The van der Waals surface area contributed by atoms with E-state index in [1.54, 1.807) is 24.3 Å². The number of ether oxygens (including phenoxy) is 1. The lowest BCUT2D eigenvalue weighted by Gasteiger charge is -2.07. The number of hydrogen-bond acceptors (Lipinski definition) is 4. The molecule has 0 heterocycles. The fourth-order valence-corrected chi connectivity index (χ4v) is 1.20. The molecule has 6 nitrogen and oxygen atoms in total. The number of rotatable bonds is 5. The molecule has 3 amide bonds. The smallest absolute Gasteiger partial charge is 0.321 e. The minimum atomic E-state index is -0.516. The van der Waals surface area contributed by atoms with Crippen LogP contribution < -0.4 is 21.1 Å². The summed E-state index contributed by atoms with van der Waals surface area (Å²) in [6, 6.07) is 6.20. The molecule has 0 fully saturated rings. The van der Waals surface area contributed by atoms with Crippen LogP contribution in [-0.2, 0) is 4.79 Å². The second-order valence-corrected chi connectivity index (χ2v) is 3.67. The lowest BCUT2D eigenvalue weighted by atomic mass is 10.3. The van der Waals surface area contributed by atoms with Gasteiger partial charge in [0.15, 0.2) is 6.61 Å². The quantitative estimate of drug-likeness (QED) is 0.677. The molecule has 0 atom stereocenters. The normalized spacial score (nSPS) is 9.61. The van der Waals surface area contributed by atoms with Crippen LogP contribution in [0.25, 0.3) is 0 Å². The summed E-state index contributed by atoms with van der Waals surface area (Å²) >= 11 is 0. The summed E-state index contributed by atoms with van der Waals surface area (Å²) in [5.41, 5.74) is 6.11. The van der Waals surface area contributed by atoms with Crippen LogP contribution in [0.2, 0.25) is 0 Å². The number of nitrogen functional groups attached to an aromatic ring is 1. The topological polar surface area (TPSA) is 93.5 Å². The number of urea groups is 1. The number of carbonyl (C=O) groups excluding carboxylic acids is 2. The van der Waals surface area contributed by atoms with Gasteiger partial charge in [-0.1, -0.05) is 13.0 Å². The highest BCUT2D eigenvalue weighted by atomic mass is 16.5. The van der Waals surface area contributed by atoms with Gasteiger partial charge in [0.1, 0.15) is 5.75 Å². The molecule has 0 radical (unpaired) electrons. The molecule has 0 saturated carbocycles. The van der Waals surface area contributed by atoms with Crippen molar-refractivity contribution in [3.8, 4) is 5.75 Å². The summed E-state index contributed by atoms with van der Waals surface area (Å²) in [5, 5.41) is 4.68. The molecule has 0 aromatic heterocycles. The molecule has 1 aromatic carbocycles. The zero-order chi connectivity index (χ0) is 13.4. The first-order valence-corrected chi connectivity index (χ1v) is 5.68. The lowest BCUT2D eigenvalue weighted by Crippen LogP contribution is -2.41.